The van der Waals surface area contributed by atoms with Gasteiger partial charge in [-0.05, 0) is 18.6 Å². The summed E-state index contributed by atoms with van der Waals surface area (Å²) in [5.41, 5.74) is 1.95. The average Bonchev–Trinajstić information content (AvgIpc) is 3.00. The summed E-state index contributed by atoms with van der Waals surface area (Å²) in [6.07, 6.45) is 2.65. The monoisotopic (exact) mass is 234 g/mol. The molecule has 17 heavy (non-hydrogen) atoms. The molecule has 2 fully saturated rings. The number of hydroxylamine groups is 1. The van der Waals surface area contributed by atoms with E-state index in [1.807, 2.05) is 6.07 Å². The first-order valence-electron chi connectivity index (χ1n) is 5.68. The molecule has 1 amide bonds. The Morgan fingerprint density at radius 2 is 2.47 bits per heavy atom. The highest BCUT2D eigenvalue weighted by atomic mass is 16.5. The average molecular weight is 234 g/mol. The third-order valence-electron chi connectivity index (χ3n) is 3.46. The third-order valence-corrected chi connectivity index (χ3v) is 3.46. The molecule has 1 aromatic rings. The molecule has 6 heteroatoms. The molecule has 0 spiro atoms. The lowest BCUT2D eigenvalue weighted by Crippen LogP contribution is -2.44. The van der Waals surface area contributed by atoms with Crippen molar-refractivity contribution >= 4 is 11.7 Å². The number of carbonyl (C=O) groups excluding carboxylic acids is 1. The van der Waals surface area contributed by atoms with Crippen molar-refractivity contribution in [1.29, 1.82) is 0 Å². The molecule has 3 N–H and O–H groups in total. The largest absolute Gasteiger partial charge is 0.351 e. The number of nitrogens with one attached hydrogen (secondary N) is 2. The van der Waals surface area contributed by atoms with Crippen LogP contribution in [0.15, 0.2) is 18.3 Å². The van der Waals surface area contributed by atoms with Gasteiger partial charge in [0, 0.05) is 31.4 Å². The Balaban J connectivity index is 1.78. The van der Waals surface area contributed by atoms with Gasteiger partial charge in [0.15, 0.2) is 0 Å². The molecule has 90 valence electrons. The number of carbonyl (C=O) groups is 1. The van der Waals surface area contributed by atoms with Crippen LogP contribution in [0.25, 0.3) is 0 Å². The highest BCUT2D eigenvalue weighted by Gasteiger charge is 2.38. The number of aromatic nitrogens is 1. The molecular formula is C11H14N4O2. The first-order valence-corrected chi connectivity index (χ1v) is 5.68. The van der Waals surface area contributed by atoms with Crippen LogP contribution in [0.4, 0.5) is 5.82 Å². The Bertz CT molecular complexity index is 434. The molecule has 0 unspecified atom stereocenters. The van der Waals surface area contributed by atoms with Crippen LogP contribution in [0, 0.1) is 0 Å². The highest BCUT2D eigenvalue weighted by Crippen LogP contribution is 2.27. The lowest BCUT2D eigenvalue weighted by atomic mass is 10.2. The molecule has 0 saturated carbocycles. The van der Waals surface area contributed by atoms with Gasteiger partial charge in [0.2, 0.25) is 0 Å². The number of hydrogen-bond donors (Lipinski definition) is 3. The maximum Gasteiger partial charge on any atom is 0.276 e. The molecule has 2 atom stereocenters. The first kappa shape index (κ1) is 10.5. The molecule has 2 bridgehead atoms. The van der Waals surface area contributed by atoms with Gasteiger partial charge in [-0.3, -0.25) is 10.0 Å². The number of amides is 1. The second-order valence-electron chi connectivity index (χ2n) is 4.49. The van der Waals surface area contributed by atoms with Crippen LogP contribution in [0.2, 0.25) is 0 Å². The second-order valence-corrected chi connectivity index (χ2v) is 4.49. The fourth-order valence-electron chi connectivity index (χ4n) is 2.60. The zero-order valence-corrected chi connectivity index (χ0v) is 9.26. The van der Waals surface area contributed by atoms with Crippen LogP contribution in [0.3, 0.4) is 0 Å². The van der Waals surface area contributed by atoms with E-state index in [0.29, 0.717) is 17.6 Å². The standard InChI is InChI=1S/C11H14N4O2/c16-11(14-17)7-1-2-10(13-4-7)15-6-8-3-9(15)5-12-8/h1-2,4,8-9,12,17H,3,5-6H2,(H,14,16)/t8-,9-/m0/s1. The van der Waals surface area contributed by atoms with Crippen LogP contribution in [-0.2, 0) is 0 Å². The Hall–Kier alpha value is -1.66. The van der Waals surface area contributed by atoms with E-state index in [4.69, 9.17) is 5.21 Å². The van der Waals surface area contributed by atoms with Crippen molar-refractivity contribution in [3.05, 3.63) is 23.9 Å². The molecule has 2 aliphatic heterocycles. The molecule has 3 heterocycles. The van der Waals surface area contributed by atoms with E-state index in [1.165, 1.54) is 12.6 Å². The summed E-state index contributed by atoms with van der Waals surface area (Å²) >= 11 is 0. The molecule has 2 aliphatic rings. The molecule has 1 aromatic heterocycles. The molecule has 0 aromatic carbocycles. The summed E-state index contributed by atoms with van der Waals surface area (Å²) in [7, 11) is 0. The van der Waals surface area contributed by atoms with Crippen molar-refractivity contribution in [3.63, 3.8) is 0 Å². The minimum Gasteiger partial charge on any atom is -0.351 e. The van der Waals surface area contributed by atoms with Crippen LogP contribution in [0.1, 0.15) is 16.8 Å². The van der Waals surface area contributed by atoms with Crippen molar-refractivity contribution in [3.8, 4) is 0 Å². The summed E-state index contributed by atoms with van der Waals surface area (Å²) < 4.78 is 0. The summed E-state index contributed by atoms with van der Waals surface area (Å²) in [5, 5.41) is 11.9. The van der Waals surface area contributed by atoms with Crippen molar-refractivity contribution in [2.24, 2.45) is 0 Å². The van der Waals surface area contributed by atoms with E-state index < -0.39 is 5.91 Å². The van der Waals surface area contributed by atoms with Gasteiger partial charge in [-0.25, -0.2) is 10.5 Å². The number of nitrogens with zero attached hydrogens (tertiary/aromatic N) is 2. The van der Waals surface area contributed by atoms with E-state index in [0.717, 1.165) is 18.9 Å². The van der Waals surface area contributed by atoms with Gasteiger partial charge >= 0.3 is 0 Å². The van der Waals surface area contributed by atoms with E-state index in [-0.39, 0.29) is 0 Å². The lowest BCUT2D eigenvalue weighted by Gasteiger charge is -2.28. The van der Waals surface area contributed by atoms with Crippen LogP contribution < -0.4 is 15.7 Å². The summed E-state index contributed by atoms with van der Waals surface area (Å²) in [6, 6.07) is 4.59. The predicted molar refractivity (Wildman–Crippen MR) is 61.0 cm³/mol. The van der Waals surface area contributed by atoms with Gasteiger partial charge in [0.1, 0.15) is 5.82 Å². The van der Waals surface area contributed by atoms with E-state index in [1.54, 1.807) is 11.5 Å². The Morgan fingerprint density at radius 3 is 3.00 bits per heavy atom. The van der Waals surface area contributed by atoms with Crippen molar-refractivity contribution in [1.82, 2.24) is 15.8 Å². The summed E-state index contributed by atoms with van der Waals surface area (Å²) in [4.78, 5) is 17.7. The van der Waals surface area contributed by atoms with Crippen molar-refractivity contribution in [2.75, 3.05) is 18.0 Å². The van der Waals surface area contributed by atoms with E-state index in [2.05, 4.69) is 15.2 Å². The first-order chi connectivity index (χ1) is 8.28. The van der Waals surface area contributed by atoms with Crippen LogP contribution in [0.5, 0.6) is 0 Å². The van der Waals surface area contributed by atoms with E-state index >= 15 is 0 Å². The number of piperazine rings is 1. The lowest BCUT2D eigenvalue weighted by molar-refractivity contribution is 0.0706. The number of rotatable bonds is 2. The minimum absolute atomic E-state index is 0.360. The third kappa shape index (κ3) is 1.75. The van der Waals surface area contributed by atoms with Crippen molar-refractivity contribution < 1.29 is 10.0 Å². The minimum atomic E-state index is -0.534. The molecule has 6 nitrogen and oxygen atoms in total. The Kier molecular flexibility index (Phi) is 2.45. The normalized spacial score (nSPS) is 26.3. The smallest absolute Gasteiger partial charge is 0.276 e. The number of fused-ring (bicyclic) bond motifs is 2. The van der Waals surface area contributed by atoms with Gasteiger partial charge in [-0.1, -0.05) is 0 Å². The van der Waals surface area contributed by atoms with Gasteiger partial charge in [-0.15, -0.1) is 0 Å². The number of pyridine rings is 1. The van der Waals surface area contributed by atoms with Gasteiger partial charge < -0.3 is 10.2 Å². The zero-order valence-electron chi connectivity index (χ0n) is 9.26. The van der Waals surface area contributed by atoms with Gasteiger partial charge in [0.05, 0.1) is 5.56 Å². The maximum absolute atomic E-state index is 11.1. The fourth-order valence-corrected chi connectivity index (χ4v) is 2.60. The van der Waals surface area contributed by atoms with Gasteiger partial charge in [-0.2, -0.15) is 0 Å². The number of anilines is 1. The maximum atomic E-state index is 11.1. The fraction of sp³-hybridized carbons (Fsp3) is 0.455. The topological polar surface area (TPSA) is 77.5 Å². The summed E-state index contributed by atoms with van der Waals surface area (Å²) in [6.45, 7) is 1.98. The Morgan fingerprint density at radius 1 is 1.59 bits per heavy atom. The van der Waals surface area contributed by atoms with Gasteiger partial charge in [0.25, 0.3) is 5.91 Å². The predicted octanol–water partition coefficient (Wildman–Crippen LogP) is -0.249. The molecular weight excluding hydrogens is 220 g/mol. The molecule has 0 radical (unpaired) electrons. The quantitative estimate of drug-likeness (QED) is 0.486. The highest BCUT2D eigenvalue weighted by molar-refractivity contribution is 5.93. The zero-order chi connectivity index (χ0) is 11.8. The molecule has 0 aliphatic carbocycles. The molecule has 2 saturated heterocycles. The van der Waals surface area contributed by atoms with E-state index in [9.17, 15) is 4.79 Å². The SMILES string of the molecule is O=C(NO)c1ccc(N2C[C@@H]3C[C@H]2CN3)nc1. The molecule has 3 rings (SSSR count). The second kappa shape index (κ2) is 3.97. The summed E-state index contributed by atoms with van der Waals surface area (Å²) in [5.74, 6) is 0.363. The number of hydrogen-bond acceptors (Lipinski definition) is 5. The van der Waals surface area contributed by atoms with Crippen molar-refractivity contribution in [2.45, 2.75) is 18.5 Å². The van der Waals surface area contributed by atoms with Crippen LogP contribution >= 0.6 is 0 Å². The van der Waals surface area contributed by atoms with Crippen LogP contribution in [-0.4, -0.2) is 41.3 Å². The Labute approximate surface area is 98.6 Å².